The second-order valence-electron chi connectivity index (χ2n) is 7.39. The zero-order chi connectivity index (χ0) is 25.8. The fourth-order valence-electron chi connectivity index (χ4n) is 3.25. The third-order valence-corrected chi connectivity index (χ3v) is 5.93. The molecular weight excluding hydrogens is 490 g/mol. The molecule has 4 rings (SSSR count). The van der Waals surface area contributed by atoms with Gasteiger partial charge < -0.3 is 4.74 Å². The van der Waals surface area contributed by atoms with Crippen LogP contribution in [0.5, 0.6) is 11.5 Å². The van der Waals surface area contributed by atoms with Gasteiger partial charge in [0, 0.05) is 11.6 Å². The lowest BCUT2D eigenvalue weighted by atomic mass is 10.1. The second kappa shape index (κ2) is 10.2. The Bertz CT molecular complexity index is 1420. The standard InChI is InChI=1S/C24H15N3O8S/c28-20(16-4-2-1-3-5-16)14-25-23(29)22(36-24(25)30)12-15-6-9-18(10-7-15)35-21-11-8-17(26(31)32)13-19(21)27(33)34/h1-13H,14H2/b22-12+. The number of amides is 2. The van der Waals surface area contributed by atoms with E-state index >= 15 is 0 Å². The number of hydrogen-bond acceptors (Lipinski definition) is 9. The molecule has 0 aliphatic carbocycles. The molecule has 0 aromatic heterocycles. The Morgan fingerprint density at radius 2 is 1.64 bits per heavy atom. The lowest BCUT2D eigenvalue weighted by molar-refractivity contribution is -0.394. The molecule has 36 heavy (non-hydrogen) atoms. The van der Waals surface area contributed by atoms with Gasteiger partial charge in [0.15, 0.2) is 5.78 Å². The Kier molecular flexibility index (Phi) is 6.88. The largest absolute Gasteiger partial charge is 0.450 e. The van der Waals surface area contributed by atoms with Crippen molar-refractivity contribution >= 4 is 46.1 Å². The number of nitro groups is 2. The fraction of sp³-hybridized carbons (Fsp3) is 0.0417. The minimum Gasteiger partial charge on any atom is -0.450 e. The van der Waals surface area contributed by atoms with Gasteiger partial charge in [0.25, 0.3) is 16.8 Å². The highest BCUT2D eigenvalue weighted by atomic mass is 32.2. The van der Waals surface area contributed by atoms with E-state index in [1.54, 1.807) is 42.5 Å². The summed E-state index contributed by atoms with van der Waals surface area (Å²) >= 11 is 0.714. The zero-order valence-electron chi connectivity index (χ0n) is 18.2. The Hall–Kier alpha value is -4.84. The van der Waals surface area contributed by atoms with E-state index in [-0.39, 0.29) is 28.7 Å². The van der Waals surface area contributed by atoms with Gasteiger partial charge in [-0.05, 0) is 41.6 Å². The molecule has 0 unspecified atom stereocenters. The third kappa shape index (κ3) is 5.28. The smallest absolute Gasteiger partial charge is 0.318 e. The number of carbonyl (C=O) groups is 3. The van der Waals surface area contributed by atoms with Gasteiger partial charge in [0.2, 0.25) is 5.75 Å². The van der Waals surface area contributed by atoms with Crippen LogP contribution in [0.15, 0.2) is 77.7 Å². The summed E-state index contributed by atoms with van der Waals surface area (Å²) in [6, 6.07) is 17.5. The maximum absolute atomic E-state index is 12.7. The van der Waals surface area contributed by atoms with Crippen LogP contribution >= 0.6 is 11.8 Å². The first kappa shape index (κ1) is 24.3. The third-order valence-electron chi connectivity index (χ3n) is 5.03. The molecule has 1 heterocycles. The number of hydrogen-bond donors (Lipinski definition) is 0. The molecule has 0 bridgehead atoms. The number of ether oxygens (including phenoxy) is 1. The number of Topliss-reactive ketones (excluding diaryl/α,β-unsaturated/α-hetero) is 1. The molecule has 1 fully saturated rings. The van der Waals surface area contributed by atoms with Crippen LogP contribution in [0.1, 0.15) is 15.9 Å². The van der Waals surface area contributed by atoms with Crippen molar-refractivity contribution in [3.63, 3.8) is 0 Å². The molecular formula is C24H15N3O8S. The number of non-ortho nitro benzene ring substituents is 1. The first-order chi connectivity index (χ1) is 17.2. The molecule has 0 atom stereocenters. The zero-order valence-corrected chi connectivity index (χ0v) is 19.0. The second-order valence-corrected chi connectivity index (χ2v) is 8.39. The lowest BCUT2D eigenvalue weighted by Gasteiger charge is -2.11. The number of carbonyl (C=O) groups excluding carboxylic acids is 3. The van der Waals surface area contributed by atoms with Gasteiger partial charge in [-0.2, -0.15) is 0 Å². The molecule has 0 radical (unpaired) electrons. The topological polar surface area (TPSA) is 150 Å². The van der Waals surface area contributed by atoms with E-state index in [0.29, 0.717) is 22.9 Å². The number of benzene rings is 3. The fourth-order valence-corrected chi connectivity index (χ4v) is 4.09. The number of nitro benzene ring substituents is 2. The molecule has 12 heteroatoms. The van der Waals surface area contributed by atoms with Crippen LogP contribution in [0, 0.1) is 20.2 Å². The van der Waals surface area contributed by atoms with E-state index in [0.717, 1.165) is 23.1 Å². The normalized spacial score (nSPS) is 14.2. The first-order valence-electron chi connectivity index (χ1n) is 10.3. The van der Waals surface area contributed by atoms with E-state index in [1.165, 1.54) is 18.2 Å². The summed E-state index contributed by atoms with van der Waals surface area (Å²) < 4.78 is 5.51. The molecule has 1 aliphatic rings. The number of imide groups is 1. The monoisotopic (exact) mass is 505 g/mol. The van der Waals surface area contributed by atoms with Crippen LogP contribution in [-0.2, 0) is 4.79 Å². The van der Waals surface area contributed by atoms with Gasteiger partial charge in [-0.25, -0.2) is 0 Å². The van der Waals surface area contributed by atoms with Crippen LogP contribution in [0.4, 0.5) is 16.2 Å². The van der Waals surface area contributed by atoms with Crippen LogP contribution < -0.4 is 4.74 Å². The van der Waals surface area contributed by atoms with Crippen LogP contribution in [0.2, 0.25) is 0 Å². The summed E-state index contributed by atoms with van der Waals surface area (Å²) in [5.41, 5.74) is -0.0689. The van der Waals surface area contributed by atoms with Crippen molar-refractivity contribution in [2.45, 2.75) is 0 Å². The van der Waals surface area contributed by atoms with Crippen molar-refractivity contribution in [3.05, 3.63) is 109 Å². The van der Waals surface area contributed by atoms with Gasteiger partial charge in [-0.3, -0.25) is 39.5 Å². The molecule has 2 amide bonds. The molecule has 1 aliphatic heterocycles. The van der Waals surface area contributed by atoms with E-state index in [1.807, 2.05) is 0 Å². The Labute approximate surface area is 207 Å². The van der Waals surface area contributed by atoms with Gasteiger partial charge >= 0.3 is 5.69 Å². The van der Waals surface area contributed by atoms with Crippen molar-refractivity contribution in [1.29, 1.82) is 0 Å². The highest BCUT2D eigenvalue weighted by Gasteiger charge is 2.36. The summed E-state index contributed by atoms with van der Waals surface area (Å²) in [4.78, 5) is 59.1. The summed E-state index contributed by atoms with van der Waals surface area (Å²) in [5, 5.41) is 21.6. The minimum atomic E-state index is -0.782. The SMILES string of the molecule is O=C(CN1C(=O)S/C(=C/c2ccc(Oc3ccc([N+](=O)[O-])cc3[N+](=O)[O-])cc2)C1=O)c1ccccc1. The van der Waals surface area contributed by atoms with Gasteiger partial charge in [-0.15, -0.1) is 0 Å². The number of nitrogens with zero attached hydrogens (tertiary/aromatic N) is 3. The lowest BCUT2D eigenvalue weighted by Crippen LogP contribution is -2.33. The number of ketones is 1. The molecule has 0 N–H and O–H groups in total. The van der Waals surface area contributed by atoms with Crippen molar-refractivity contribution in [1.82, 2.24) is 4.90 Å². The van der Waals surface area contributed by atoms with Gasteiger partial charge in [-0.1, -0.05) is 42.5 Å². The Morgan fingerprint density at radius 1 is 0.944 bits per heavy atom. The summed E-state index contributed by atoms with van der Waals surface area (Å²) in [6.07, 6.45) is 1.48. The molecule has 3 aromatic rings. The van der Waals surface area contributed by atoms with Gasteiger partial charge in [0.1, 0.15) is 5.75 Å². The maximum Gasteiger partial charge on any atom is 0.318 e. The van der Waals surface area contributed by atoms with Crippen molar-refractivity contribution in [2.75, 3.05) is 6.54 Å². The predicted molar refractivity (Wildman–Crippen MR) is 130 cm³/mol. The molecule has 0 saturated carbocycles. The summed E-state index contributed by atoms with van der Waals surface area (Å²) in [6.45, 7) is -0.368. The highest BCUT2D eigenvalue weighted by molar-refractivity contribution is 8.18. The van der Waals surface area contributed by atoms with Crippen molar-refractivity contribution in [3.8, 4) is 11.5 Å². The maximum atomic E-state index is 12.7. The van der Waals surface area contributed by atoms with Crippen molar-refractivity contribution in [2.24, 2.45) is 0 Å². The predicted octanol–water partition coefficient (Wildman–Crippen LogP) is 5.21. The number of rotatable bonds is 8. The average molecular weight is 505 g/mol. The van der Waals surface area contributed by atoms with E-state index < -0.39 is 32.4 Å². The summed E-state index contributed by atoms with van der Waals surface area (Å²) in [5.74, 6) is -0.912. The average Bonchev–Trinajstić information content (AvgIpc) is 3.12. The molecule has 3 aromatic carbocycles. The van der Waals surface area contributed by atoms with E-state index in [2.05, 4.69) is 0 Å². The van der Waals surface area contributed by atoms with Crippen molar-refractivity contribution < 1.29 is 29.0 Å². The van der Waals surface area contributed by atoms with Crippen LogP contribution in [0.3, 0.4) is 0 Å². The quantitative estimate of drug-likeness (QED) is 0.174. The Morgan fingerprint density at radius 3 is 2.28 bits per heavy atom. The Balaban J connectivity index is 1.47. The minimum absolute atomic E-state index is 0.139. The van der Waals surface area contributed by atoms with Crippen LogP contribution in [0.25, 0.3) is 6.08 Å². The summed E-state index contributed by atoms with van der Waals surface area (Å²) in [7, 11) is 0. The van der Waals surface area contributed by atoms with E-state index in [4.69, 9.17) is 4.74 Å². The molecule has 0 spiro atoms. The van der Waals surface area contributed by atoms with Gasteiger partial charge in [0.05, 0.1) is 27.4 Å². The highest BCUT2D eigenvalue weighted by Crippen LogP contribution is 2.35. The molecule has 180 valence electrons. The van der Waals surface area contributed by atoms with E-state index in [9.17, 15) is 34.6 Å². The van der Waals surface area contributed by atoms with Crippen LogP contribution in [-0.4, -0.2) is 38.2 Å². The molecule has 1 saturated heterocycles. The first-order valence-corrected chi connectivity index (χ1v) is 11.1. The molecule has 11 nitrogen and oxygen atoms in total. The number of thioether (sulfide) groups is 1.